The molecule has 4 aromatic carbocycles. The van der Waals surface area contributed by atoms with E-state index in [1.54, 1.807) is 18.9 Å². The van der Waals surface area contributed by atoms with Crippen LogP contribution in [0.25, 0.3) is 44.2 Å². The lowest BCUT2D eigenvalue weighted by Crippen LogP contribution is -2.48. The van der Waals surface area contributed by atoms with E-state index < -0.39 is 36.2 Å². The van der Waals surface area contributed by atoms with Gasteiger partial charge in [0.2, 0.25) is 0 Å². The Bertz CT molecular complexity index is 2720. The summed E-state index contributed by atoms with van der Waals surface area (Å²) in [6.07, 6.45) is 3.20. The van der Waals surface area contributed by atoms with Crippen LogP contribution in [0.2, 0.25) is 0 Å². The number of ether oxygens (including phenoxy) is 3. The largest absolute Gasteiger partial charge is 0.488 e. The second kappa shape index (κ2) is 17.8. The first-order valence-corrected chi connectivity index (χ1v) is 21.7. The third kappa shape index (κ3) is 8.14. The van der Waals surface area contributed by atoms with Gasteiger partial charge in [-0.2, -0.15) is 0 Å². The van der Waals surface area contributed by atoms with Crippen LogP contribution in [0.3, 0.4) is 0 Å². The van der Waals surface area contributed by atoms with Crippen molar-refractivity contribution >= 4 is 46.2 Å². The summed E-state index contributed by atoms with van der Waals surface area (Å²) >= 11 is 0. The molecule has 3 aliphatic heterocycles. The summed E-state index contributed by atoms with van der Waals surface area (Å²) in [6.45, 7) is 5.52. The number of amides is 3. The molecule has 2 aromatic heterocycles. The Morgan fingerprint density at radius 3 is 2.58 bits per heavy atom. The zero-order valence-electron chi connectivity index (χ0n) is 36.2. The molecule has 332 valence electrons. The highest BCUT2D eigenvalue weighted by Gasteiger charge is 2.42. The lowest BCUT2D eigenvalue weighted by atomic mass is 9.92. The van der Waals surface area contributed by atoms with Gasteiger partial charge in [0.15, 0.2) is 0 Å². The number of imidazole rings is 2. The number of rotatable bonds is 13. The fourth-order valence-corrected chi connectivity index (χ4v) is 9.81. The number of hydrogen-bond acceptors (Lipinski definition) is 10. The second-order valence-corrected chi connectivity index (χ2v) is 17.2. The van der Waals surface area contributed by atoms with Crippen molar-refractivity contribution in [2.45, 2.75) is 69.9 Å². The molecule has 5 heterocycles. The average Bonchev–Trinajstić information content (AvgIpc) is 4.13. The van der Waals surface area contributed by atoms with Gasteiger partial charge < -0.3 is 49.6 Å². The lowest BCUT2D eigenvalue weighted by Gasteiger charge is -2.32. The first-order chi connectivity index (χ1) is 31.0. The lowest BCUT2D eigenvalue weighted by molar-refractivity contribution is -0.134. The van der Waals surface area contributed by atoms with E-state index in [0.29, 0.717) is 44.1 Å². The van der Waals surface area contributed by atoms with Gasteiger partial charge in [-0.1, -0.05) is 55.5 Å². The van der Waals surface area contributed by atoms with Crippen LogP contribution in [0.4, 0.5) is 9.59 Å². The predicted octanol–water partition coefficient (Wildman–Crippen LogP) is 7.30. The Morgan fingerprint density at radius 1 is 0.984 bits per heavy atom. The first-order valence-electron chi connectivity index (χ1n) is 21.7. The van der Waals surface area contributed by atoms with Crippen molar-refractivity contribution < 1.29 is 38.5 Å². The van der Waals surface area contributed by atoms with Crippen molar-refractivity contribution in [2.24, 2.45) is 11.8 Å². The molecule has 0 saturated carbocycles. The van der Waals surface area contributed by atoms with Crippen LogP contribution in [0.15, 0.2) is 79.0 Å². The van der Waals surface area contributed by atoms with Crippen molar-refractivity contribution in [1.82, 2.24) is 40.4 Å². The van der Waals surface area contributed by atoms with Gasteiger partial charge in [0.1, 0.15) is 36.3 Å². The SMILES string of the molecule is COC[C@H]1C[C@@H](c2nc3ccc4cc5c(cc4c3[nH]2)OCc2cc(-c3cnc([C@@H]4CC[C@H](C)N4C[C@@H](NC(=O)O)C(C)C=O)[nH]3)ccc2-5)N(C(=O)[C@H](NC(=O)OC)c2ccccc2)C1. The number of nitrogens with one attached hydrogen (secondary N) is 4. The summed E-state index contributed by atoms with van der Waals surface area (Å²) in [5.74, 6) is 1.54. The van der Waals surface area contributed by atoms with Crippen LogP contribution >= 0.6 is 0 Å². The number of carboxylic acid groups (broad SMARTS) is 1. The van der Waals surface area contributed by atoms with Gasteiger partial charge in [-0.3, -0.25) is 9.69 Å². The topological polar surface area (TPSA) is 204 Å². The van der Waals surface area contributed by atoms with Crippen molar-refractivity contribution in [3.8, 4) is 28.1 Å². The number of alkyl carbamates (subject to hydrolysis) is 1. The molecular weight excluding hydrogens is 817 g/mol. The standard InChI is InChI=1S/C48H52N8O8/c1-26(23-57)38(52-47(59)60)22-55-27(2)10-15-39(55)44-49-20-37(51-44)31-11-13-33-32(17-31)25-64-41-19-34-30(18-35(33)41)12-14-36-43(34)53-45(50-36)40-16-28(24-62-3)21-56(40)46(58)42(54-48(61)63-4)29-8-6-5-7-9-29/h5-9,11-14,17-20,23,26-28,38-40,42,52H,10,15-16,21-22,24-25H2,1-4H3,(H,49,51)(H,50,53)(H,54,61)(H,59,60)/t26?,27-,28-,38+,39-,40-,42+/m0/s1. The number of aldehydes is 1. The highest BCUT2D eigenvalue weighted by Crippen LogP contribution is 2.44. The van der Waals surface area contributed by atoms with Crippen molar-refractivity contribution in [1.29, 1.82) is 0 Å². The number of aromatic nitrogens is 4. The molecule has 16 nitrogen and oxygen atoms in total. The monoisotopic (exact) mass is 868 g/mol. The van der Waals surface area contributed by atoms with Gasteiger partial charge in [-0.15, -0.1) is 0 Å². The van der Waals surface area contributed by atoms with E-state index in [1.807, 2.05) is 42.6 Å². The summed E-state index contributed by atoms with van der Waals surface area (Å²) in [5.41, 5.74) is 7.19. The van der Waals surface area contributed by atoms with Crippen LogP contribution in [0.1, 0.15) is 74.0 Å². The molecule has 5 N–H and O–H groups in total. The Kier molecular flexibility index (Phi) is 11.8. The van der Waals surface area contributed by atoms with Crippen LogP contribution in [0.5, 0.6) is 5.75 Å². The van der Waals surface area contributed by atoms with Crippen molar-refractivity contribution in [3.63, 3.8) is 0 Å². The van der Waals surface area contributed by atoms with Crippen LogP contribution in [-0.2, 0) is 25.7 Å². The van der Waals surface area contributed by atoms with E-state index in [2.05, 4.69) is 68.8 Å². The molecule has 0 aliphatic carbocycles. The van der Waals surface area contributed by atoms with Crippen molar-refractivity contribution in [3.05, 3.63) is 102 Å². The van der Waals surface area contributed by atoms with E-state index >= 15 is 0 Å². The van der Waals surface area contributed by atoms with E-state index in [4.69, 9.17) is 24.2 Å². The number of carbonyl (C=O) groups is 4. The van der Waals surface area contributed by atoms with E-state index in [1.165, 1.54) is 7.11 Å². The van der Waals surface area contributed by atoms with Gasteiger partial charge in [-0.05, 0) is 78.1 Å². The van der Waals surface area contributed by atoms with Crippen LogP contribution < -0.4 is 15.4 Å². The number of fused-ring (bicyclic) bond motifs is 6. The van der Waals surface area contributed by atoms with Gasteiger partial charge in [0, 0.05) is 49.0 Å². The quantitative estimate of drug-likeness (QED) is 0.0729. The summed E-state index contributed by atoms with van der Waals surface area (Å²) in [5, 5.41) is 16.7. The molecular formula is C48H52N8O8. The van der Waals surface area contributed by atoms with E-state index in [0.717, 1.165) is 80.5 Å². The maximum Gasteiger partial charge on any atom is 0.407 e. The fraction of sp³-hybridized carbons (Fsp3) is 0.375. The molecule has 7 atom stereocenters. The van der Waals surface area contributed by atoms with Gasteiger partial charge >= 0.3 is 12.2 Å². The minimum absolute atomic E-state index is 0.0475. The summed E-state index contributed by atoms with van der Waals surface area (Å²) < 4.78 is 16.9. The molecule has 3 amide bonds. The molecule has 0 spiro atoms. The zero-order valence-corrected chi connectivity index (χ0v) is 36.2. The number of H-pyrrole nitrogens is 2. The molecule has 1 unspecified atom stereocenters. The van der Waals surface area contributed by atoms with Gasteiger partial charge in [-0.25, -0.2) is 19.6 Å². The second-order valence-electron chi connectivity index (χ2n) is 17.2. The maximum absolute atomic E-state index is 14.4. The highest BCUT2D eigenvalue weighted by atomic mass is 16.5. The molecule has 9 rings (SSSR count). The van der Waals surface area contributed by atoms with Gasteiger partial charge in [0.25, 0.3) is 5.91 Å². The number of methoxy groups -OCH3 is 2. The molecule has 2 fully saturated rings. The van der Waals surface area contributed by atoms with Crippen molar-refractivity contribution in [2.75, 3.05) is 33.9 Å². The smallest absolute Gasteiger partial charge is 0.407 e. The minimum Gasteiger partial charge on any atom is -0.488 e. The Labute approximate surface area is 369 Å². The first kappa shape index (κ1) is 42.5. The number of likely N-dealkylation sites (tertiary alicyclic amines) is 2. The number of carbonyl (C=O) groups excluding carboxylic acids is 3. The third-order valence-electron chi connectivity index (χ3n) is 13.2. The minimum atomic E-state index is -1.15. The number of aromatic amines is 2. The number of nitrogens with zero attached hydrogens (tertiary/aromatic N) is 4. The highest BCUT2D eigenvalue weighted by molar-refractivity contribution is 6.07. The zero-order chi connectivity index (χ0) is 44.6. The fourth-order valence-electron chi connectivity index (χ4n) is 9.81. The maximum atomic E-state index is 14.4. The van der Waals surface area contributed by atoms with Gasteiger partial charge in [0.05, 0.1) is 54.8 Å². The molecule has 6 aromatic rings. The third-order valence-corrected chi connectivity index (χ3v) is 13.2. The van der Waals surface area contributed by atoms with Crippen LogP contribution in [-0.4, -0.2) is 105 Å². The molecule has 3 aliphatic rings. The Balaban J connectivity index is 0.979. The summed E-state index contributed by atoms with van der Waals surface area (Å²) in [4.78, 5) is 71.1. The predicted molar refractivity (Wildman–Crippen MR) is 238 cm³/mol. The molecule has 2 saturated heterocycles. The number of benzene rings is 4. The summed E-state index contributed by atoms with van der Waals surface area (Å²) in [7, 11) is 2.93. The summed E-state index contributed by atoms with van der Waals surface area (Å²) in [6, 6.07) is 22.0. The Morgan fingerprint density at radius 2 is 1.81 bits per heavy atom. The molecule has 16 heteroatoms. The van der Waals surface area contributed by atoms with Crippen LogP contribution in [0, 0.1) is 11.8 Å². The Hall–Kier alpha value is -6.78. The molecule has 64 heavy (non-hydrogen) atoms. The average molecular weight is 869 g/mol. The molecule has 0 radical (unpaired) electrons. The van der Waals surface area contributed by atoms with E-state index in [-0.39, 0.29) is 23.9 Å². The van der Waals surface area contributed by atoms with E-state index in [9.17, 15) is 24.3 Å². The normalized spacial score (nSPS) is 20.8. The molecule has 0 bridgehead atoms. The number of hydrogen-bond donors (Lipinski definition) is 5.